The van der Waals surface area contributed by atoms with Crippen molar-refractivity contribution in [2.24, 2.45) is 0 Å². The molecule has 0 amide bonds. The predicted octanol–water partition coefficient (Wildman–Crippen LogP) is 1.18. The topological polar surface area (TPSA) is 111 Å². The molecule has 92 valence electrons. The molecule has 0 saturated heterocycles. The third-order valence-corrected chi connectivity index (χ3v) is 2.35. The summed E-state index contributed by atoms with van der Waals surface area (Å²) < 4.78 is 1.17. The number of carboxylic acid groups (broad SMARTS) is 1. The Morgan fingerprint density at radius 1 is 1.56 bits per heavy atom. The van der Waals surface area contributed by atoms with Crippen LogP contribution in [-0.2, 0) is 0 Å². The Kier molecular flexibility index (Phi) is 2.76. The standard InChI is InChI=1S/C10H8N4O4/c1-6-7(10(15)16)5-13(12-6)8-2-3-11-4-9(8)14(17)18/h2-5H,1H3,(H,15,16). The third-order valence-electron chi connectivity index (χ3n) is 2.35. The average Bonchev–Trinajstić information content (AvgIpc) is 2.71. The summed E-state index contributed by atoms with van der Waals surface area (Å²) in [5.74, 6) is -1.13. The zero-order valence-corrected chi connectivity index (χ0v) is 9.27. The van der Waals surface area contributed by atoms with Crippen LogP contribution < -0.4 is 0 Å². The minimum Gasteiger partial charge on any atom is -0.478 e. The molecule has 0 radical (unpaired) electrons. The van der Waals surface area contributed by atoms with Gasteiger partial charge in [0.25, 0.3) is 0 Å². The summed E-state index contributed by atoms with van der Waals surface area (Å²) in [6.45, 7) is 1.52. The van der Waals surface area contributed by atoms with Crippen LogP contribution in [0.5, 0.6) is 0 Å². The molecule has 0 aliphatic rings. The van der Waals surface area contributed by atoms with E-state index in [4.69, 9.17) is 5.11 Å². The van der Waals surface area contributed by atoms with Gasteiger partial charge in [-0.15, -0.1) is 0 Å². The van der Waals surface area contributed by atoms with Crippen molar-refractivity contribution in [1.29, 1.82) is 0 Å². The van der Waals surface area contributed by atoms with Crippen LogP contribution >= 0.6 is 0 Å². The van der Waals surface area contributed by atoms with Gasteiger partial charge < -0.3 is 5.11 Å². The number of nitro groups is 1. The Balaban J connectivity index is 2.59. The molecule has 2 heterocycles. The van der Waals surface area contributed by atoms with Crippen molar-refractivity contribution in [2.45, 2.75) is 6.92 Å². The van der Waals surface area contributed by atoms with E-state index < -0.39 is 10.9 Å². The van der Waals surface area contributed by atoms with E-state index in [1.165, 1.54) is 30.1 Å². The van der Waals surface area contributed by atoms with Gasteiger partial charge in [0.2, 0.25) is 0 Å². The maximum absolute atomic E-state index is 10.9. The summed E-state index contributed by atoms with van der Waals surface area (Å²) in [5.41, 5.74) is 0.220. The van der Waals surface area contributed by atoms with Gasteiger partial charge in [0, 0.05) is 12.4 Å². The van der Waals surface area contributed by atoms with Crippen molar-refractivity contribution < 1.29 is 14.8 Å². The molecule has 0 atom stereocenters. The van der Waals surface area contributed by atoms with Crippen molar-refractivity contribution in [3.8, 4) is 5.69 Å². The van der Waals surface area contributed by atoms with Crippen LogP contribution in [0, 0.1) is 17.0 Å². The number of hydrogen-bond acceptors (Lipinski definition) is 5. The first-order valence-electron chi connectivity index (χ1n) is 4.89. The highest BCUT2D eigenvalue weighted by molar-refractivity contribution is 5.88. The Labute approximate surface area is 101 Å². The number of pyridine rings is 1. The van der Waals surface area contributed by atoms with Crippen LogP contribution in [0.15, 0.2) is 24.7 Å². The van der Waals surface area contributed by atoms with Crippen LogP contribution in [0.3, 0.4) is 0 Å². The van der Waals surface area contributed by atoms with Crippen molar-refractivity contribution in [3.63, 3.8) is 0 Å². The second-order valence-corrected chi connectivity index (χ2v) is 3.50. The van der Waals surface area contributed by atoms with Gasteiger partial charge in [-0.2, -0.15) is 5.10 Å². The van der Waals surface area contributed by atoms with E-state index in [2.05, 4.69) is 10.1 Å². The second kappa shape index (κ2) is 4.24. The zero-order valence-electron chi connectivity index (χ0n) is 9.27. The smallest absolute Gasteiger partial charge is 0.339 e. The predicted molar refractivity (Wildman–Crippen MR) is 59.7 cm³/mol. The van der Waals surface area contributed by atoms with Gasteiger partial charge in [-0.3, -0.25) is 15.1 Å². The monoisotopic (exact) mass is 248 g/mol. The molecule has 0 aromatic carbocycles. The van der Waals surface area contributed by atoms with E-state index in [-0.39, 0.29) is 22.6 Å². The van der Waals surface area contributed by atoms with Crippen molar-refractivity contribution in [1.82, 2.24) is 14.8 Å². The Bertz CT molecular complexity index is 635. The summed E-state index contributed by atoms with van der Waals surface area (Å²) in [4.78, 5) is 24.8. The molecule has 8 nitrogen and oxygen atoms in total. The van der Waals surface area contributed by atoms with E-state index in [1.54, 1.807) is 0 Å². The largest absolute Gasteiger partial charge is 0.478 e. The van der Waals surface area contributed by atoms with E-state index in [9.17, 15) is 14.9 Å². The molecule has 0 saturated carbocycles. The molecule has 0 bridgehead atoms. The molecule has 0 unspecified atom stereocenters. The highest BCUT2D eigenvalue weighted by Gasteiger charge is 2.19. The van der Waals surface area contributed by atoms with Crippen molar-refractivity contribution in [2.75, 3.05) is 0 Å². The fraction of sp³-hybridized carbons (Fsp3) is 0.100. The lowest BCUT2D eigenvalue weighted by molar-refractivity contribution is -0.385. The maximum Gasteiger partial charge on any atom is 0.339 e. The highest BCUT2D eigenvalue weighted by Crippen LogP contribution is 2.21. The Morgan fingerprint density at radius 2 is 2.28 bits per heavy atom. The van der Waals surface area contributed by atoms with E-state index in [1.807, 2.05) is 0 Å². The second-order valence-electron chi connectivity index (χ2n) is 3.50. The summed E-state index contributed by atoms with van der Waals surface area (Å²) in [5, 5.41) is 23.7. The molecule has 0 aliphatic carbocycles. The van der Waals surface area contributed by atoms with Gasteiger partial charge in [0.05, 0.1) is 10.6 Å². The molecule has 2 aromatic rings. The number of aryl methyl sites for hydroxylation is 1. The molecule has 8 heteroatoms. The van der Waals surface area contributed by atoms with E-state index in [0.29, 0.717) is 0 Å². The fourth-order valence-corrected chi connectivity index (χ4v) is 1.51. The van der Waals surface area contributed by atoms with Gasteiger partial charge in [-0.1, -0.05) is 0 Å². The van der Waals surface area contributed by atoms with Crippen LogP contribution in [0.25, 0.3) is 5.69 Å². The highest BCUT2D eigenvalue weighted by atomic mass is 16.6. The number of rotatable bonds is 3. The molecule has 0 spiro atoms. The molecule has 18 heavy (non-hydrogen) atoms. The van der Waals surface area contributed by atoms with Gasteiger partial charge in [0.15, 0.2) is 0 Å². The number of aromatic nitrogens is 3. The van der Waals surface area contributed by atoms with Crippen molar-refractivity contribution in [3.05, 3.63) is 46.0 Å². The van der Waals surface area contributed by atoms with Crippen LogP contribution in [0.4, 0.5) is 5.69 Å². The lowest BCUT2D eigenvalue weighted by Gasteiger charge is -2.01. The summed E-state index contributed by atoms with van der Waals surface area (Å²) in [6, 6.07) is 1.40. The summed E-state index contributed by atoms with van der Waals surface area (Å²) in [6.07, 6.45) is 3.70. The van der Waals surface area contributed by atoms with E-state index in [0.717, 1.165) is 6.20 Å². The first-order chi connectivity index (χ1) is 8.50. The third kappa shape index (κ3) is 1.90. The van der Waals surface area contributed by atoms with E-state index >= 15 is 0 Å². The number of hydrogen-bond donors (Lipinski definition) is 1. The van der Waals surface area contributed by atoms with Crippen LogP contribution in [0.2, 0.25) is 0 Å². The molecular formula is C10H8N4O4. The molecule has 0 aliphatic heterocycles. The normalized spacial score (nSPS) is 10.3. The van der Waals surface area contributed by atoms with Gasteiger partial charge in [-0.05, 0) is 13.0 Å². The molecular weight excluding hydrogens is 240 g/mol. The quantitative estimate of drug-likeness (QED) is 0.644. The van der Waals surface area contributed by atoms with Crippen LogP contribution in [0.1, 0.15) is 16.1 Å². The number of nitrogens with zero attached hydrogens (tertiary/aromatic N) is 4. The average molecular weight is 248 g/mol. The Morgan fingerprint density at radius 3 is 2.83 bits per heavy atom. The van der Waals surface area contributed by atoms with Gasteiger partial charge in [-0.25, -0.2) is 9.48 Å². The lowest BCUT2D eigenvalue weighted by atomic mass is 10.3. The summed E-state index contributed by atoms with van der Waals surface area (Å²) in [7, 11) is 0. The number of aromatic carboxylic acids is 1. The number of carbonyl (C=O) groups is 1. The first kappa shape index (κ1) is 11.7. The van der Waals surface area contributed by atoms with Crippen molar-refractivity contribution >= 4 is 11.7 Å². The summed E-state index contributed by atoms with van der Waals surface area (Å²) >= 11 is 0. The van der Waals surface area contributed by atoms with Crippen LogP contribution in [-0.4, -0.2) is 30.8 Å². The lowest BCUT2D eigenvalue weighted by Crippen LogP contribution is -2.01. The molecule has 1 N–H and O–H groups in total. The first-order valence-corrected chi connectivity index (χ1v) is 4.89. The fourth-order valence-electron chi connectivity index (χ4n) is 1.51. The maximum atomic E-state index is 10.9. The van der Waals surface area contributed by atoms with Gasteiger partial charge >= 0.3 is 11.7 Å². The molecule has 0 fully saturated rings. The molecule has 2 aromatic heterocycles. The minimum absolute atomic E-state index is 0.00103. The number of carboxylic acids is 1. The Hall–Kier alpha value is -2.77. The van der Waals surface area contributed by atoms with Gasteiger partial charge in [0.1, 0.15) is 17.4 Å². The molecule has 2 rings (SSSR count). The minimum atomic E-state index is -1.13. The zero-order chi connectivity index (χ0) is 13.3. The SMILES string of the molecule is Cc1nn(-c2ccncc2[N+](=O)[O-])cc1C(=O)O.